The lowest BCUT2D eigenvalue weighted by molar-refractivity contribution is -0.138. The van der Waals surface area contributed by atoms with Crippen LogP contribution in [-0.2, 0) is 14.3 Å². The zero-order chi connectivity index (χ0) is 23.8. The second-order valence-electron chi connectivity index (χ2n) is 8.90. The monoisotopic (exact) mass is 452 g/mol. The van der Waals surface area contributed by atoms with Crippen molar-refractivity contribution in [2.24, 2.45) is 11.8 Å². The van der Waals surface area contributed by atoms with E-state index in [1.807, 2.05) is 38.1 Å². The molecule has 7 heteroatoms. The van der Waals surface area contributed by atoms with Crippen molar-refractivity contribution in [3.05, 3.63) is 59.7 Å². The van der Waals surface area contributed by atoms with E-state index in [9.17, 15) is 14.4 Å². The van der Waals surface area contributed by atoms with Gasteiger partial charge in [-0.2, -0.15) is 0 Å². The van der Waals surface area contributed by atoms with Crippen LogP contribution in [-0.4, -0.2) is 42.8 Å². The lowest BCUT2D eigenvalue weighted by atomic mass is 9.94. The Hall–Kier alpha value is -3.35. The number of carboxylic acid groups (broad SMARTS) is 1. The van der Waals surface area contributed by atoms with Gasteiger partial charge in [0.2, 0.25) is 5.91 Å². The first kappa shape index (κ1) is 24.3. The van der Waals surface area contributed by atoms with E-state index in [4.69, 9.17) is 9.84 Å². The van der Waals surface area contributed by atoms with Crippen molar-refractivity contribution in [2.75, 3.05) is 19.7 Å². The number of alkyl carbamates (subject to hydrolysis) is 1. The fourth-order valence-electron chi connectivity index (χ4n) is 4.43. The van der Waals surface area contributed by atoms with Gasteiger partial charge in [0.25, 0.3) is 0 Å². The SMILES string of the molecule is CC(C)C[C@H](CNC(=O)CCNC(=O)OCC1c2ccccc2-c2ccccc21)CC(=O)O. The van der Waals surface area contributed by atoms with Crippen LogP contribution < -0.4 is 10.6 Å². The molecule has 0 fully saturated rings. The van der Waals surface area contributed by atoms with E-state index in [0.29, 0.717) is 12.5 Å². The number of aliphatic carboxylic acids is 1. The van der Waals surface area contributed by atoms with Gasteiger partial charge in [0, 0.05) is 31.8 Å². The second kappa shape index (κ2) is 11.5. The van der Waals surface area contributed by atoms with Gasteiger partial charge < -0.3 is 20.5 Å². The maximum absolute atomic E-state index is 12.2. The van der Waals surface area contributed by atoms with Crippen molar-refractivity contribution in [2.45, 2.75) is 39.0 Å². The van der Waals surface area contributed by atoms with Crippen molar-refractivity contribution in [3.8, 4) is 11.1 Å². The third kappa shape index (κ3) is 6.81. The summed E-state index contributed by atoms with van der Waals surface area (Å²) in [5, 5.41) is 14.4. The van der Waals surface area contributed by atoms with Gasteiger partial charge in [-0.3, -0.25) is 9.59 Å². The van der Waals surface area contributed by atoms with Crippen molar-refractivity contribution in [1.82, 2.24) is 10.6 Å². The van der Waals surface area contributed by atoms with Crippen molar-refractivity contribution < 1.29 is 24.2 Å². The molecule has 0 aromatic heterocycles. The first-order valence-corrected chi connectivity index (χ1v) is 11.4. The molecule has 2 amide bonds. The molecule has 0 heterocycles. The summed E-state index contributed by atoms with van der Waals surface area (Å²) in [5.74, 6) is -0.874. The molecule has 0 bridgehead atoms. The lowest BCUT2D eigenvalue weighted by Gasteiger charge is -2.18. The number of carboxylic acids is 1. The summed E-state index contributed by atoms with van der Waals surface area (Å²) in [6.07, 6.45) is 0.292. The fourth-order valence-corrected chi connectivity index (χ4v) is 4.43. The van der Waals surface area contributed by atoms with Gasteiger partial charge in [-0.1, -0.05) is 62.4 Å². The Morgan fingerprint density at radius 1 is 0.970 bits per heavy atom. The van der Waals surface area contributed by atoms with Crippen molar-refractivity contribution in [3.63, 3.8) is 0 Å². The van der Waals surface area contributed by atoms with Gasteiger partial charge in [-0.15, -0.1) is 0 Å². The van der Waals surface area contributed by atoms with E-state index in [1.165, 1.54) is 0 Å². The van der Waals surface area contributed by atoms with Crippen LogP contribution in [0.5, 0.6) is 0 Å². The van der Waals surface area contributed by atoms with E-state index in [1.54, 1.807) is 0 Å². The Morgan fingerprint density at radius 3 is 2.15 bits per heavy atom. The van der Waals surface area contributed by atoms with E-state index in [2.05, 4.69) is 34.9 Å². The maximum atomic E-state index is 12.2. The Labute approximate surface area is 194 Å². The van der Waals surface area contributed by atoms with Gasteiger partial charge in [0.1, 0.15) is 6.61 Å². The molecule has 2 aromatic rings. The van der Waals surface area contributed by atoms with Gasteiger partial charge in [-0.25, -0.2) is 4.79 Å². The van der Waals surface area contributed by atoms with Crippen LogP contribution in [0.4, 0.5) is 4.79 Å². The predicted octanol–water partition coefficient (Wildman–Crippen LogP) is 4.17. The molecule has 176 valence electrons. The van der Waals surface area contributed by atoms with Crippen LogP contribution in [0.2, 0.25) is 0 Å². The summed E-state index contributed by atoms with van der Waals surface area (Å²) in [6, 6.07) is 16.2. The molecule has 1 aliphatic carbocycles. The average Bonchev–Trinajstić information content (AvgIpc) is 3.09. The predicted molar refractivity (Wildman–Crippen MR) is 126 cm³/mol. The number of ether oxygens (including phenoxy) is 1. The molecule has 0 unspecified atom stereocenters. The molecule has 0 radical (unpaired) electrons. The smallest absolute Gasteiger partial charge is 0.407 e. The minimum Gasteiger partial charge on any atom is -0.481 e. The number of hydrogen-bond acceptors (Lipinski definition) is 4. The lowest BCUT2D eigenvalue weighted by Crippen LogP contribution is -2.34. The molecule has 2 aromatic carbocycles. The number of amides is 2. The van der Waals surface area contributed by atoms with Gasteiger partial charge in [0.15, 0.2) is 0 Å². The normalized spacial score (nSPS) is 13.2. The summed E-state index contributed by atoms with van der Waals surface area (Å²) >= 11 is 0. The number of nitrogens with one attached hydrogen (secondary N) is 2. The highest BCUT2D eigenvalue weighted by molar-refractivity contribution is 5.79. The third-order valence-electron chi connectivity index (χ3n) is 5.82. The number of carbonyl (C=O) groups is 3. The summed E-state index contributed by atoms with van der Waals surface area (Å²) in [5.41, 5.74) is 4.61. The molecule has 7 nitrogen and oxygen atoms in total. The summed E-state index contributed by atoms with van der Waals surface area (Å²) < 4.78 is 5.46. The average molecular weight is 453 g/mol. The zero-order valence-corrected chi connectivity index (χ0v) is 19.2. The first-order valence-electron chi connectivity index (χ1n) is 11.4. The molecule has 0 saturated heterocycles. The van der Waals surface area contributed by atoms with Crippen molar-refractivity contribution in [1.29, 1.82) is 0 Å². The maximum Gasteiger partial charge on any atom is 0.407 e. The van der Waals surface area contributed by atoms with Crippen LogP contribution in [0.25, 0.3) is 11.1 Å². The molecule has 1 aliphatic rings. The molecule has 33 heavy (non-hydrogen) atoms. The molecule has 3 N–H and O–H groups in total. The Kier molecular flexibility index (Phi) is 8.46. The second-order valence-corrected chi connectivity index (χ2v) is 8.90. The largest absolute Gasteiger partial charge is 0.481 e. The number of carbonyl (C=O) groups excluding carboxylic acids is 2. The van der Waals surface area contributed by atoms with Gasteiger partial charge in [0.05, 0.1) is 0 Å². The molecule has 3 rings (SSSR count). The Morgan fingerprint density at radius 2 is 1.58 bits per heavy atom. The molecule has 1 atom stereocenters. The highest BCUT2D eigenvalue weighted by Crippen LogP contribution is 2.44. The first-order chi connectivity index (χ1) is 15.8. The van der Waals surface area contributed by atoms with E-state index < -0.39 is 12.1 Å². The van der Waals surface area contributed by atoms with Crippen LogP contribution in [0, 0.1) is 11.8 Å². The summed E-state index contributed by atoms with van der Waals surface area (Å²) in [6.45, 7) is 4.73. The van der Waals surface area contributed by atoms with Crippen LogP contribution in [0.15, 0.2) is 48.5 Å². The standard InChI is InChI=1S/C26H32N2O5/c1-17(2)13-18(14-25(30)31)15-28-24(29)11-12-27-26(32)33-16-23-21-9-5-3-7-19(21)20-8-4-6-10-22(20)23/h3-10,17-18,23H,11-16H2,1-2H3,(H,27,32)(H,28,29)(H,30,31)/t18-/m0/s1. The van der Waals surface area contributed by atoms with Crippen LogP contribution in [0.1, 0.15) is 50.2 Å². The Bertz CT molecular complexity index is 943. The molecule has 0 aliphatic heterocycles. The van der Waals surface area contributed by atoms with E-state index in [0.717, 1.165) is 28.7 Å². The van der Waals surface area contributed by atoms with E-state index in [-0.39, 0.29) is 43.7 Å². The highest BCUT2D eigenvalue weighted by atomic mass is 16.5. The third-order valence-corrected chi connectivity index (χ3v) is 5.82. The topological polar surface area (TPSA) is 105 Å². The number of rotatable bonds is 11. The van der Waals surface area contributed by atoms with Crippen LogP contribution in [0.3, 0.4) is 0 Å². The highest BCUT2D eigenvalue weighted by Gasteiger charge is 2.29. The summed E-state index contributed by atoms with van der Waals surface area (Å²) in [4.78, 5) is 35.3. The minimum atomic E-state index is -0.869. The zero-order valence-electron chi connectivity index (χ0n) is 19.2. The van der Waals surface area contributed by atoms with E-state index >= 15 is 0 Å². The molecule has 0 saturated carbocycles. The summed E-state index contributed by atoms with van der Waals surface area (Å²) in [7, 11) is 0. The number of benzene rings is 2. The fraction of sp³-hybridized carbons (Fsp3) is 0.423. The number of hydrogen-bond donors (Lipinski definition) is 3. The van der Waals surface area contributed by atoms with Crippen LogP contribution >= 0.6 is 0 Å². The van der Waals surface area contributed by atoms with Gasteiger partial charge in [-0.05, 0) is 40.5 Å². The van der Waals surface area contributed by atoms with Crippen molar-refractivity contribution >= 4 is 18.0 Å². The van der Waals surface area contributed by atoms with Gasteiger partial charge >= 0.3 is 12.1 Å². The molecular formula is C26H32N2O5. The molecule has 0 spiro atoms. The minimum absolute atomic E-state index is 0.0152. The number of fused-ring (bicyclic) bond motifs is 3. The molecular weight excluding hydrogens is 420 g/mol. The quantitative estimate of drug-likeness (QED) is 0.475. The Balaban J connectivity index is 1.41.